The van der Waals surface area contributed by atoms with Gasteiger partial charge in [0, 0.05) is 17.1 Å². The lowest BCUT2D eigenvalue weighted by molar-refractivity contribution is -0.118. The highest BCUT2D eigenvalue weighted by atomic mass is 79.9. The van der Waals surface area contributed by atoms with E-state index >= 15 is 0 Å². The van der Waals surface area contributed by atoms with Crippen LogP contribution in [0.25, 0.3) is 17.1 Å². The van der Waals surface area contributed by atoms with E-state index < -0.39 is 0 Å². The highest BCUT2D eigenvalue weighted by Gasteiger charge is 2.18. The molecular formula is C18H16BrClN4O2S. The number of benzene rings is 2. The number of methoxy groups -OCH3 is 1. The van der Waals surface area contributed by atoms with Crippen LogP contribution < -0.4 is 10.1 Å². The summed E-state index contributed by atoms with van der Waals surface area (Å²) >= 11 is 11.1. The van der Waals surface area contributed by atoms with Gasteiger partial charge in [-0.25, -0.2) is 0 Å². The van der Waals surface area contributed by atoms with Crippen molar-refractivity contribution in [1.82, 2.24) is 20.1 Å². The van der Waals surface area contributed by atoms with Gasteiger partial charge in [0.15, 0.2) is 11.0 Å². The zero-order valence-corrected chi connectivity index (χ0v) is 17.7. The molecule has 3 rings (SSSR count). The zero-order valence-electron chi connectivity index (χ0n) is 14.6. The predicted molar refractivity (Wildman–Crippen MR) is 111 cm³/mol. The van der Waals surface area contributed by atoms with Gasteiger partial charge in [-0.1, -0.05) is 51.4 Å². The van der Waals surface area contributed by atoms with Crippen molar-refractivity contribution in [2.75, 3.05) is 19.9 Å². The standard InChI is InChI=1S/C18H16BrClN4O2S/c1-21-16(25)10-27-18-23-22-17(11-3-5-12(19)6-4-11)24(18)13-7-8-15(26-2)14(20)9-13/h3-9H,10H2,1-2H3,(H,21,25). The monoisotopic (exact) mass is 466 g/mol. The van der Waals surface area contributed by atoms with Crippen LogP contribution in [-0.4, -0.2) is 40.6 Å². The molecule has 1 heterocycles. The van der Waals surface area contributed by atoms with Crippen molar-refractivity contribution in [3.63, 3.8) is 0 Å². The van der Waals surface area contributed by atoms with Gasteiger partial charge in [-0.2, -0.15) is 0 Å². The summed E-state index contributed by atoms with van der Waals surface area (Å²) in [5, 5.41) is 12.3. The van der Waals surface area contributed by atoms with Crippen molar-refractivity contribution in [2.45, 2.75) is 5.16 Å². The van der Waals surface area contributed by atoms with E-state index in [-0.39, 0.29) is 11.7 Å². The topological polar surface area (TPSA) is 69.0 Å². The van der Waals surface area contributed by atoms with Crippen molar-refractivity contribution in [3.8, 4) is 22.8 Å². The first kappa shape index (κ1) is 19.7. The molecule has 0 saturated heterocycles. The molecule has 3 aromatic rings. The number of carbonyl (C=O) groups excluding carboxylic acids is 1. The van der Waals surface area contributed by atoms with Crippen LogP contribution in [0.2, 0.25) is 5.02 Å². The molecule has 1 N–H and O–H groups in total. The molecule has 0 aliphatic carbocycles. The molecule has 0 atom stereocenters. The molecule has 0 bridgehead atoms. The molecule has 6 nitrogen and oxygen atoms in total. The Morgan fingerprint density at radius 2 is 2.00 bits per heavy atom. The molecule has 0 fully saturated rings. The molecule has 0 radical (unpaired) electrons. The van der Waals surface area contributed by atoms with Gasteiger partial charge >= 0.3 is 0 Å². The van der Waals surface area contributed by atoms with E-state index in [4.69, 9.17) is 16.3 Å². The molecular weight excluding hydrogens is 452 g/mol. The lowest BCUT2D eigenvalue weighted by Crippen LogP contribution is -2.20. The molecule has 0 unspecified atom stereocenters. The normalized spacial score (nSPS) is 10.7. The number of amides is 1. The second-order valence-electron chi connectivity index (χ2n) is 5.43. The molecule has 1 amide bonds. The Kier molecular flexibility index (Phi) is 6.41. The lowest BCUT2D eigenvalue weighted by Gasteiger charge is -2.12. The second kappa shape index (κ2) is 8.77. The number of rotatable bonds is 6. The van der Waals surface area contributed by atoms with Crippen LogP contribution in [-0.2, 0) is 4.79 Å². The van der Waals surface area contributed by atoms with Gasteiger partial charge in [-0.3, -0.25) is 9.36 Å². The third-order valence-corrected chi connectivity index (χ3v) is 5.49. The Hall–Kier alpha value is -2.03. The van der Waals surface area contributed by atoms with E-state index in [0.29, 0.717) is 21.8 Å². The van der Waals surface area contributed by atoms with E-state index in [1.807, 2.05) is 34.9 Å². The van der Waals surface area contributed by atoms with E-state index in [2.05, 4.69) is 31.4 Å². The molecule has 0 spiro atoms. The molecule has 2 aromatic carbocycles. The van der Waals surface area contributed by atoms with Crippen LogP contribution >= 0.6 is 39.3 Å². The van der Waals surface area contributed by atoms with Gasteiger partial charge in [-0.15, -0.1) is 10.2 Å². The Morgan fingerprint density at radius 3 is 2.63 bits per heavy atom. The van der Waals surface area contributed by atoms with Crippen LogP contribution in [0.4, 0.5) is 0 Å². The van der Waals surface area contributed by atoms with Crippen molar-refractivity contribution in [1.29, 1.82) is 0 Å². The molecule has 0 aliphatic heterocycles. The molecule has 0 saturated carbocycles. The lowest BCUT2D eigenvalue weighted by atomic mass is 10.2. The predicted octanol–water partition coefficient (Wildman–Crippen LogP) is 4.20. The summed E-state index contributed by atoms with van der Waals surface area (Å²) in [6.45, 7) is 0. The Labute approximate surface area is 174 Å². The summed E-state index contributed by atoms with van der Waals surface area (Å²) in [6.07, 6.45) is 0. The van der Waals surface area contributed by atoms with Crippen LogP contribution in [0.5, 0.6) is 5.75 Å². The highest BCUT2D eigenvalue weighted by Crippen LogP contribution is 2.32. The quantitative estimate of drug-likeness (QED) is 0.550. The summed E-state index contributed by atoms with van der Waals surface area (Å²) < 4.78 is 8.08. The molecule has 0 aliphatic rings. The Balaban J connectivity index is 2.09. The Bertz CT molecular complexity index is 962. The van der Waals surface area contributed by atoms with Gasteiger partial charge in [0.1, 0.15) is 5.75 Å². The second-order valence-corrected chi connectivity index (χ2v) is 7.69. The van der Waals surface area contributed by atoms with Crippen LogP contribution in [0.1, 0.15) is 0 Å². The molecule has 27 heavy (non-hydrogen) atoms. The molecule has 9 heteroatoms. The highest BCUT2D eigenvalue weighted by molar-refractivity contribution is 9.10. The number of halogens is 2. The van der Waals surface area contributed by atoms with Crippen LogP contribution in [0.15, 0.2) is 52.1 Å². The van der Waals surface area contributed by atoms with E-state index in [0.717, 1.165) is 15.7 Å². The minimum Gasteiger partial charge on any atom is -0.495 e. The van der Waals surface area contributed by atoms with Crippen molar-refractivity contribution >= 4 is 45.2 Å². The third kappa shape index (κ3) is 4.45. The first-order chi connectivity index (χ1) is 13.0. The number of carbonyl (C=O) groups is 1. The first-order valence-corrected chi connectivity index (χ1v) is 10.1. The summed E-state index contributed by atoms with van der Waals surface area (Å²) in [5.74, 6) is 1.38. The number of nitrogens with one attached hydrogen (secondary N) is 1. The summed E-state index contributed by atoms with van der Waals surface area (Å²) in [5.41, 5.74) is 1.67. The SMILES string of the molecule is CNC(=O)CSc1nnc(-c2ccc(Br)cc2)n1-c1ccc(OC)c(Cl)c1. The first-order valence-electron chi connectivity index (χ1n) is 7.92. The van der Waals surface area contributed by atoms with Gasteiger partial charge < -0.3 is 10.1 Å². The molecule has 140 valence electrons. The maximum Gasteiger partial charge on any atom is 0.230 e. The number of hydrogen-bond donors (Lipinski definition) is 1. The van der Waals surface area contributed by atoms with Crippen LogP contribution in [0, 0.1) is 0 Å². The fraction of sp³-hybridized carbons (Fsp3) is 0.167. The largest absolute Gasteiger partial charge is 0.495 e. The third-order valence-electron chi connectivity index (χ3n) is 3.74. The summed E-state index contributed by atoms with van der Waals surface area (Å²) in [4.78, 5) is 11.7. The van der Waals surface area contributed by atoms with E-state index in [9.17, 15) is 4.79 Å². The number of aromatic nitrogens is 3. The minimum absolute atomic E-state index is 0.0903. The van der Waals surface area contributed by atoms with Gasteiger partial charge in [0.25, 0.3) is 0 Å². The van der Waals surface area contributed by atoms with Crippen molar-refractivity contribution < 1.29 is 9.53 Å². The summed E-state index contributed by atoms with van der Waals surface area (Å²) in [7, 11) is 3.17. The number of thioether (sulfide) groups is 1. The number of hydrogen-bond acceptors (Lipinski definition) is 5. The summed E-state index contributed by atoms with van der Waals surface area (Å²) in [6, 6.07) is 13.2. The smallest absolute Gasteiger partial charge is 0.230 e. The maximum atomic E-state index is 11.7. The minimum atomic E-state index is -0.0903. The van der Waals surface area contributed by atoms with E-state index in [1.165, 1.54) is 11.8 Å². The van der Waals surface area contributed by atoms with Gasteiger partial charge in [0.05, 0.1) is 23.6 Å². The van der Waals surface area contributed by atoms with Crippen LogP contribution in [0.3, 0.4) is 0 Å². The average molecular weight is 468 g/mol. The average Bonchev–Trinajstić information content (AvgIpc) is 3.10. The Morgan fingerprint density at radius 1 is 1.26 bits per heavy atom. The zero-order chi connectivity index (χ0) is 19.4. The fourth-order valence-corrected chi connectivity index (χ4v) is 3.72. The van der Waals surface area contributed by atoms with E-state index in [1.54, 1.807) is 26.3 Å². The van der Waals surface area contributed by atoms with Crippen molar-refractivity contribution in [2.24, 2.45) is 0 Å². The van der Waals surface area contributed by atoms with Gasteiger partial charge in [0.2, 0.25) is 5.91 Å². The fourth-order valence-electron chi connectivity index (χ4n) is 2.38. The van der Waals surface area contributed by atoms with Crippen molar-refractivity contribution in [3.05, 3.63) is 52.0 Å². The van der Waals surface area contributed by atoms with Gasteiger partial charge in [-0.05, 0) is 30.3 Å². The maximum absolute atomic E-state index is 11.7. The number of ether oxygens (including phenoxy) is 1. The molecule has 1 aromatic heterocycles. The number of nitrogens with zero attached hydrogens (tertiary/aromatic N) is 3.